The maximum Gasteiger partial charge on any atom is 0.416 e. The first-order valence-corrected chi connectivity index (χ1v) is 13.3. The van der Waals surface area contributed by atoms with E-state index in [0.717, 1.165) is 17.7 Å². The first-order chi connectivity index (χ1) is 16.5. The second-order valence-electron chi connectivity index (χ2n) is 8.97. The molecule has 0 saturated carbocycles. The molecule has 35 heavy (non-hydrogen) atoms. The molecule has 0 radical (unpaired) electrons. The predicted molar refractivity (Wildman–Crippen MR) is 128 cm³/mol. The number of halogens is 3. The largest absolute Gasteiger partial charge is 0.416 e. The second kappa shape index (κ2) is 10.2. The van der Waals surface area contributed by atoms with E-state index in [4.69, 9.17) is 0 Å². The number of amides is 1. The minimum absolute atomic E-state index is 0.0996. The van der Waals surface area contributed by atoms with Crippen molar-refractivity contribution in [1.29, 1.82) is 0 Å². The monoisotopic (exact) mass is 510 g/mol. The normalized spacial score (nSPS) is 18.6. The summed E-state index contributed by atoms with van der Waals surface area (Å²) in [6, 6.07) is 12.7. The Kier molecular flexibility index (Phi) is 7.39. The summed E-state index contributed by atoms with van der Waals surface area (Å²) >= 11 is 0. The molecule has 2 fully saturated rings. The van der Waals surface area contributed by atoms with Crippen LogP contribution < -0.4 is 4.90 Å². The van der Waals surface area contributed by atoms with Crippen molar-refractivity contribution in [3.05, 3.63) is 65.2 Å². The van der Waals surface area contributed by atoms with Gasteiger partial charge in [0.1, 0.15) is 0 Å². The molecular weight excluding hydrogens is 481 g/mol. The highest BCUT2D eigenvalue weighted by molar-refractivity contribution is 7.88. The average molecular weight is 511 g/mol. The van der Waals surface area contributed by atoms with E-state index >= 15 is 0 Å². The lowest BCUT2D eigenvalue weighted by Crippen LogP contribution is -2.49. The summed E-state index contributed by atoms with van der Waals surface area (Å²) in [7, 11) is -3.18. The molecule has 0 aliphatic carbocycles. The Morgan fingerprint density at radius 1 is 0.886 bits per heavy atom. The molecule has 1 amide bonds. The van der Waals surface area contributed by atoms with E-state index in [2.05, 4.69) is 4.90 Å². The van der Waals surface area contributed by atoms with Crippen molar-refractivity contribution in [2.24, 2.45) is 0 Å². The molecule has 0 spiro atoms. The SMILES string of the molecule is CS(=O)(=O)N1CCN(Cc2cccc(C(=O)N3CCN(c4cccc(C(F)(F)F)c4)CC3)c2)CC1. The zero-order valence-electron chi connectivity index (χ0n) is 19.5. The number of sulfonamides is 1. The van der Waals surface area contributed by atoms with Crippen LogP contribution >= 0.6 is 0 Å². The van der Waals surface area contributed by atoms with E-state index in [1.165, 1.54) is 16.6 Å². The standard InChI is InChI=1S/C24H29F3N4O3S/c1-35(33,34)31-14-8-28(9-15-31)18-19-4-2-5-20(16-19)23(32)30-12-10-29(11-13-30)22-7-3-6-21(17-22)24(25,26)27/h2-7,16-17H,8-15,18H2,1H3. The predicted octanol–water partition coefficient (Wildman–Crippen LogP) is 2.75. The molecule has 0 unspecified atom stereocenters. The molecule has 2 aromatic carbocycles. The zero-order valence-corrected chi connectivity index (χ0v) is 20.4. The Balaban J connectivity index is 1.33. The summed E-state index contributed by atoms with van der Waals surface area (Å²) in [6.07, 6.45) is -3.17. The molecule has 2 aliphatic rings. The molecule has 2 heterocycles. The van der Waals surface area contributed by atoms with E-state index in [-0.39, 0.29) is 5.91 Å². The first kappa shape index (κ1) is 25.5. The van der Waals surface area contributed by atoms with Gasteiger partial charge in [-0.1, -0.05) is 18.2 Å². The highest BCUT2D eigenvalue weighted by atomic mass is 32.2. The Morgan fingerprint density at radius 3 is 2.17 bits per heavy atom. The molecule has 0 atom stereocenters. The Morgan fingerprint density at radius 2 is 1.54 bits per heavy atom. The van der Waals surface area contributed by atoms with Crippen molar-refractivity contribution in [2.75, 3.05) is 63.5 Å². The van der Waals surface area contributed by atoms with E-state index in [1.54, 1.807) is 17.0 Å². The molecule has 7 nitrogen and oxygen atoms in total. The smallest absolute Gasteiger partial charge is 0.368 e. The second-order valence-corrected chi connectivity index (χ2v) is 10.9. The zero-order chi connectivity index (χ0) is 25.2. The summed E-state index contributed by atoms with van der Waals surface area (Å²) < 4.78 is 64.0. The van der Waals surface area contributed by atoms with Gasteiger partial charge >= 0.3 is 6.18 Å². The van der Waals surface area contributed by atoms with Gasteiger partial charge in [-0.3, -0.25) is 9.69 Å². The highest BCUT2D eigenvalue weighted by Gasteiger charge is 2.31. The molecule has 0 N–H and O–H groups in total. The topological polar surface area (TPSA) is 64.2 Å². The number of carbonyl (C=O) groups excluding carboxylic acids is 1. The summed E-state index contributed by atoms with van der Waals surface area (Å²) in [4.78, 5) is 18.9. The number of benzene rings is 2. The van der Waals surface area contributed by atoms with Gasteiger partial charge in [0.25, 0.3) is 5.91 Å². The van der Waals surface area contributed by atoms with Gasteiger partial charge in [0.05, 0.1) is 11.8 Å². The van der Waals surface area contributed by atoms with Crippen molar-refractivity contribution in [1.82, 2.24) is 14.1 Å². The third-order valence-electron chi connectivity index (χ3n) is 6.49. The molecule has 190 valence electrons. The van der Waals surface area contributed by atoms with Crippen LogP contribution in [-0.2, 0) is 22.7 Å². The van der Waals surface area contributed by atoms with Crippen molar-refractivity contribution in [3.63, 3.8) is 0 Å². The summed E-state index contributed by atoms with van der Waals surface area (Å²) in [5.41, 5.74) is 1.38. The van der Waals surface area contributed by atoms with Crippen LogP contribution in [0.4, 0.5) is 18.9 Å². The fourth-order valence-electron chi connectivity index (χ4n) is 4.51. The maximum atomic E-state index is 13.1. The lowest BCUT2D eigenvalue weighted by molar-refractivity contribution is -0.137. The molecule has 2 saturated heterocycles. The molecule has 2 aliphatic heterocycles. The summed E-state index contributed by atoms with van der Waals surface area (Å²) in [5, 5.41) is 0. The van der Waals surface area contributed by atoms with Crippen LogP contribution in [0.3, 0.4) is 0 Å². The Labute approximate surface area is 203 Å². The number of nitrogens with zero attached hydrogens (tertiary/aromatic N) is 4. The lowest BCUT2D eigenvalue weighted by atomic mass is 10.1. The van der Waals surface area contributed by atoms with Crippen LogP contribution in [0.15, 0.2) is 48.5 Å². The molecular formula is C24H29F3N4O3S. The van der Waals surface area contributed by atoms with Gasteiger partial charge in [0.15, 0.2) is 0 Å². The summed E-state index contributed by atoms with van der Waals surface area (Å²) in [5.74, 6) is -0.0996. The number of hydrogen-bond donors (Lipinski definition) is 0. The van der Waals surface area contributed by atoms with Crippen LogP contribution in [0.5, 0.6) is 0 Å². The molecule has 0 aromatic heterocycles. The van der Waals surface area contributed by atoms with Crippen LogP contribution in [0, 0.1) is 0 Å². The molecule has 4 rings (SSSR count). The van der Waals surface area contributed by atoms with Crippen molar-refractivity contribution < 1.29 is 26.4 Å². The number of hydrogen-bond acceptors (Lipinski definition) is 5. The molecule has 11 heteroatoms. The number of anilines is 1. The van der Waals surface area contributed by atoms with Crippen LogP contribution in [0.1, 0.15) is 21.5 Å². The van der Waals surface area contributed by atoms with Gasteiger partial charge in [-0.15, -0.1) is 0 Å². The Hall–Kier alpha value is -2.63. The third kappa shape index (κ3) is 6.33. The third-order valence-corrected chi connectivity index (χ3v) is 7.79. The first-order valence-electron chi connectivity index (χ1n) is 11.5. The quantitative estimate of drug-likeness (QED) is 0.619. The van der Waals surface area contributed by atoms with Crippen molar-refractivity contribution >= 4 is 21.6 Å². The van der Waals surface area contributed by atoms with Crippen LogP contribution in [0.25, 0.3) is 0 Å². The van der Waals surface area contributed by atoms with Crippen molar-refractivity contribution in [2.45, 2.75) is 12.7 Å². The fraction of sp³-hybridized carbons (Fsp3) is 0.458. The minimum Gasteiger partial charge on any atom is -0.368 e. The van der Waals surface area contributed by atoms with Crippen LogP contribution in [0.2, 0.25) is 0 Å². The minimum atomic E-state index is -4.39. The number of alkyl halides is 3. The number of carbonyl (C=O) groups is 1. The Bertz CT molecular complexity index is 1160. The molecule has 2 aromatic rings. The lowest BCUT2D eigenvalue weighted by Gasteiger charge is -2.36. The van der Waals surface area contributed by atoms with E-state index in [9.17, 15) is 26.4 Å². The van der Waals surface area contributed by atoms with Gasteiger partial charge in [0.2, 0.25) is 10.0 Å². The summed E-state index contributed by atoms with van der Waals surface area (Å²) in [6.45, 7) is 4.54. The van der Waals surface area contributed by atoms with Gasteiger partial charge in [-0.05, 0) is 35.9 Å². The fourth-order valence-corrected chi connectivity index (χ4v) is 5.34. The number of piperazine rings is 2. The van der Waals surface area contributed by atoms with Gasteiger partial charge in [0, 0.05) is 70.2 Å². The molecule has 0 bridgehead atoms. The van der Waals surface area contributed by atoms with Crippen LogP contribution in [-0.4, -0.2) is 87.0 Å². The van der Waals surface area contributed by atoms with E-state index in [1.807, 2.05) is 23.1 Å². The van der Waals surface area contributed by atoms with Crippen molar-refractivity contribution in [3.8, 4) is 0 Å². The van der Waals surface area contributed by atoms with E-state index < -0.39 is 21.8 Å². The highest BCUT2D eigenvalue weighted by Crippen LogP contribution is 2.32. The van der Waals surface area contributed by atoms with Gasteiger partial charge < -0.3 is 9.80 Å². The van der Waals surface area contributed by atoms with E-state index in [0.29, 0.717) is 70.2 Å². The average Bonchev–Trinajstić information content (AvgIpc) is 2.83. The maximum absolute atomic E-state index is 13.1. The van der Waals surface area contributed by atoms with Gasteiger partial charge in [-0.2, -0.15) is 17.5 Å². The number of rotatable bonds is 5. The van der Waals surface area contributed by atoms with Gasteiger partial charge in [-0.25, -0.2) is 8.42 Å².